The predicted octanol–water partition coefficient (Wildman–Crippen LogP) is 3.24. The Hall–Kier alpha value is -1.62. The minimum atomic E-state index is 0.231. The van der Waals surface area contributed by atoms with Crippen molar-refractivity contribution in [3.8, 4) is 0 Å². The molecule has 3 aliphatic rings. The molecule has 2 aromatic rings. The van der Waals surface area contributed by atoms with Crippen molar-refractivity contribution in [1.82, 2.24) is 19.2 Å². The molecule has 25 heavy (non-hydrogen) atoms. The van der Waals surface area contributed by atoms with Gasteiger partial charge in [-0.25, -0.2) is 4.68 Å². The molecule has 0 radical (unpaired) electrons. The highest BCUT2D eigenvalue weighted by molar-refractivity contribution is 5.81. The normalized spacial score (nSPS) is 24.6. The Labute approximate surface area is 148 Å². The molecule has 0 spiro atoms. The van der Waals surface area contributed by atoms with Gasteiger partial charge >= 0.3 is 0 Å². The summed E-state index contributed by atoms with van der Waals surface area (Å²) in [5.74, 6) is 0. The predicted molar refractivity (Wildman–Crippen MR) is 98.9 cm³/mol. The second kappa shape index (κ2) is 5.97. The lowest BCUT2D eigenvalue weighted by Gasteiger charge is -2.39. The van der Waals surface area contributed by atoms with Gasteiger partial charge in [0.2, 0.25) is 0 Å². The molecule has 2 aromatic heterocycles. The number of aromatic nitrogens is 3. The van der Waals surface area contributed by atoms with Gasteiger partial charge in [-0.2, -0.15) is 5.10 Å². The highest BCUT2D eigenvalue weighted by Crippen LogP contribution is 2.38. The summed E-state index contributed by atoms with van der Waals surface area (Å²) < 4.78 is 4.18. The smallest absolute Gasteiger partial charge is 0.257 e. The summed E-state index contributed by atoms with van der Waals surface area (Å²) in [6.45, 7) is 4.08. The largest absolute Gasteiger partial charge is 0.280 e. The van der Waals surface area contributed by atoms with Crippen molar-refractivity contribution in [1.29, 1.82) is 0 Å². The molecule has 1 atom stereocenters. The lowest BCUT2D eigenvalue weighted by atomic mass is 9.90. The van der Waals surface area contributed by atoms with E-state index in [0.717, 1.165) is 50.0 Å². The van der Waals surface area contributed by atoms with E-state index in [1.165, 1.54) is 43.1 Å². The Morgan fingerprint density at radius 2 is 1.88 bits per heavy atom. The second-order valence-corrected chi connectivity index (χ2v) is 7.98. The maximum Gasteiger partial charge on any atom is 0.257 e. The van der Waals surface area contributed by atoms with Gasteiger partial charge in [-0.15, -0.1) is 0 Å². The summed E-state index contributed by atoms with van der Waals surface area (Å²) in [6.07, 6.45) is 12.8. The summed E-state index contributed by atoms with van der Waals surface area (Å²) in [7, 11) is 0. The molecule has 134 valence electrons. The first-order chi connectivity index (χ1) is 12.3. The molecule has 2 aliphatic carbocycles. The van der Waals surface area contributed by atoms with Gasteiger partial charge in [-0.05, 0) is 63.9 Å². The van der Waals surface area contributed by atoms with Crippen LogP contribution in [0.3, 0.4) is 0 Å². The molecular weight excluding hydrogens is 312 g/mol. The fourth-order valence-electron chi connectivity index (χ4n) is 5.23. The molecule has 0 N–H and O–H groups in total. The first kappa shape index (κ1) is 15.6. The first-order valence-corrected chi connectivity index (χ1v) is 10.2. The summed E-state index contributed by atoms with van der Waals surface area (Å²) in [5.41, 5.74) is 3.71. The third-order valence-corrected chi connectivity index (χ3v) is 6.71. The maximum atomic E-state index is 13.6. The van der Waals surface area contributed by atoms with Gasteiger partial charge < -0.3 is 0 Å². The van der Waals surface area contributed by atoms with Crippen molar-refractivity contribution in [2.45, 2.75) is 83.5 Å². The summed E-state index contributed by atoms with van der Waals surface area (Å²) in [4.78, 5) is 16.2. The summed E-state index contributed by atoms with van der Waals surface area (Å²) in [5, 5.41) is 5.87. The Morgan fingerprint density at radius 1 is 1.08 bits per heavy atom. The van der Waals surface area contributed by atoms with Crippen LogP contribution >= 0.6 is 0 Å². The van der Waals surface area contributed by atoms with Crippen LogP contribution in [0.1, 0.15) is 69.2 Å². The van der Waals surface area contributed by atoms with Crippen LogP contribution in [0.15, 0.2) is 11.0 Å². The van der Waals surface area contributed by atoms with Crippen molar-refractivity contribution in [3.05, 3.63) is 27.7 Å². The van der Waals surface area contributed by atoms with E-state index in [9.17, 15) is 4.79 Å². The SMILES string of the molecule is CCn1ncc2c3c(c(=O)n(C4CCCN4C4CCC4)c21)CCCC3. The highest BCUT2D eigenvalue weighted by Gasteiger charge is 2.37. The quantitative estimate of drug-likeness (QED) is 0.861. The number of pyridine rings is 1. The van der Waals surface area contributed by atoms with Gasteiger partial charge in [0.1, 0.15) is 5.65 Å². The molecule has 1 saturated carbocycles. The van der Waals surface area contributed by atoms with E-state index in [4.69, 9.17) is 0 Å². The number of nitrogens with zero attached hydrogens (tertiary/aromatic N) is 4. The molecule has 5 nitrogen and oxygen atoms in total. The van der Waals surface area contributed by atoms with Crippen molar-refractivity contribution in [2.24, 2.45) is 0 Å². The number of aryl methyl sites for hydroxylation is 2. The molecular formula is C20H28N4O. The van der Waals surface area contributed by atoms with E-state index < -0.39 is 0 Å². The highest BCUT2D eigenvalue weighted by atomic mass is 16.1. The van der Waals surface area contributed by atoms with E-state index in [1.54, 1.807) is 0 Å². The number of likely N-dealkylation sites (tertiary alicyclic amines) is 1. The zero-order valence-electron chi connectivity index (χ0n) is 15.2. The zero-order valence-corrected chi connectivity index (χ0v) is 15.2. The van der Waals surface area contributed by atoms with Crippen LogP contribution in [0, 0.1) is 0 Å². The van der Waals surface area contributed by atoms with E-state index in [2.05, 4.69) is 21.5 Å². The van der Waals surface area contributed by atoms with Gasteiger partial charge in [0, 0.05) is 30.1 Å². The van der Waals surface area contributed by atoms with Crippen LogP contribution in [0.5, 0.6) is 0 Å². The number of fused-ring (bicyclic) bond motifs is 3. The third-order valence-electron chi connectivity index (χ3n) is 6.71. The zero-order chi connectivity index (χ0) is 17.0. The van der Waals surface area contributed by atoms with Gasteiger partial charge in [-0.1, -0.05) is 6.42 Å². The molecule has 5 heteroatoms. The van der Waals surface area contributed by atoms with Gasteiger partial charge in [0.05, 0.1) is 12.4 Å². The van der Waals surface area contributed by atoms with Crippen molar-refractivity contribution in [2.75, 3.05) is 6.54 Å². The Bertz CT molecular complexity index is 861. The van der Waals surface area contributed by atoms with Gasteiger partial charge in [0.25, 0.3) is 5.56 Å². The van der Waals surface area contributed by atoms with Crippen LogP contribution < -0.4 is 5.56 Å². The van der Waals surface area contributed by atoms with Crippen LogP contribution in [-0.2, 0) is 19.4 Å². The minimum Gasteiger partial charge on any atom is -0.280 e. The molecule has 5 rings (SSSR count). The van der Waals surface area contributed by atoms with Crippen LogP contribution in [0.25, 0.3) is 11.0 Å². The van der Waals surface area contributed by atoms with Gasteiger partial charge in [0.15, 0.2) is 0 Å². The van der Waals surface area contributed by atoms with Crippen LogP contribution in [-0.4, -0.2) is 31.8 Å². The number of hydrogen-bond donors (Lipinski definition) is 0. The molecule has 2 fully saturated rings. The molecule has 1 aliphatic heterocycles. The minimum absolute atomic E-state index is 0.231. The first-order valence-electron chi connectivity index (χ1n) is 10.2. The molecule has 1 saturated heterocycles. The number of hydrogen-bond acceptors (Lipinski definition) is 3. The average Bonchev–Trinajstić information content (AvgIpc) is 3.21. The summed E-state index contributed by atoms with van der Waals surface area (Å²) in [6, 6.07) is 0.684. The van der Waals surface area contributed by atoms with Crippen molar-refractivity contribution >= 4 is 11.0 Å². The molecule has 0 amide bonds. The van der Waals surface area contributed by atoms with Crippen molar-refractivity contribution in [3.63, 3.8) is 0 Å². The van der Waals surface area contributed by atoms with Gasteiger partial charge in [-0.3, -0.25) is 14.3 Å². The fourth-order valence-corrected chi connectivity index (χ4v) is 5.23. The van der Waals surface area contributed by atoms with E-state index in [1.807, 2.05) is 10.9 Å². The fraction of sp³-hybridized carbons (Fsp3) is 0.700. The average molecular weight is 340 g/mol. The maximum absolute atomic E-state index is 13.6. The van der Waals surface area contributed by atoms with E-state index in [0.29, 0.717) is 6.04 Å². The molecule has 1 unspecified atom stereocenters. The standard InChI is InChI=1S/C20H28N4O/c1-2-23-19-17(13-21-23)15-9-3-4-10-16(15)20(25)24(19)18-11-6-12-22(18)14-7-5-8-14/h13-14,18H,2-12H2,1H3. The summed E-state index contributed by atoms with van der Waals surface area (Å²) >= 11 is 0. The lowest BCUT2D eigenvalue weighted by molar-refractivity contribution is 0.0795. The number of rotatable bonds is 3. The monoisotopic (exact) mass is 340 g/mol. The molecule has 0 bridgehead atoms. The van der Waals surface area contributed by atoms with E-state index in [-0.39, 0.29) is 11.7 Å². The Balaban J connectivity index is 1.75. The third kappa shape index (κ3) is 2.24. The Kier molecular flexibility index (Phi) is 3.73. The van der Waals surface area contributed by atoms with Crippen LogP contribution in [0.4, 0.5) is 0 Å². The Morgan fingerprint density at radius 3 is 2.60 bits per heavy atom. The molecule has 3 heterocycles. The second-order valence-electron chi connectivity index (χ2n) is 7.98. The van der Waals surface area contributed by atoms with Crippen molar-refractivity contribution < 1.29 is 0 Å². The lowest BCUT2D eigenvalue weighted by Crippen LogP contribution is -2.44. The molecule has 0 aromatic carbocycles. The topological polar surface area (TPSA) is 43.1 Å². The van der Waals surface area contributed by atoms with Crippen LogP contribution in [0.2, 0.25) is 0 Å². The van der Waals surface area contributed by atoms with E-state index >= 15 is 0 Å².